The Morgan fingerprint density at radius 1 is 1.05 bits per heavy atom. The molecule has 11 heteroatoms. The van der Waals surface area contributed by atoms with E-state index in [9.17, 15) is 23.2 Å². The highest BCUT2D eigenvalue weighted by Crippen LogP contribution is 2.35. The lowest BCUT2D eigenvalue weighted by Crippen LogP contribution is -2.54. The third-order valence-electron chi connectivity index (χ3n) is 7.41. The summed E-state index contributed by atoms with van der Waals surface area (Å²) < 4.78 is 42.2. The fourth-order valence-corrected chi connectivity index (χ4v) is 5.29. The highest BCUT2D eigenvalue weighted by atomic mass is 19.4. The number of aryl methyl sites for hydroxylation is 2. The van der Waals surface area contributed by atoms with Crippen LogP contribution in [0.1, 0.15) is 47.6 Å². The monoisotopic (exact) mass is 547 g/mol. The lowest BCUT2D eigenvalue weighted by Gasteiger charge is -2.45. The number of anilines is 1. The van der Waals surface area contributed by atoms with Gasteiger partial charge in [-0.1, -0.05) is 42.8 Å². The maximum absolute atomic E-state index is 13.6. The molecule has 0 aliphatic carbocycles. The highest BCUT2D eigenvalue weighted by Gasteiger charge is 2.36. The SMILES string of the molecule is CC[C@H]1CN(C(c2ccc(C)cc2)c2cccc(C(F)(F)F)n2)CCN1c1nc(=O)n(C)c2ccc(C#N)nc12. The van der Waals surface area contributed by atoms with Crippen LogP contribution in [-0.4, -0.2) is 50.1 Å². The first-order chi connectivity index (χ1) is 19.1. The van der Waals surface area contributed by atoms with Gasteiger partial charge in [0.15, 0.2) is 5.82 Å². The predicted octanol–water partition coefficient (Wildman–Crippen LogP) is 4.61. The van der Waals surface area contributed by atoms with Crippen molar-refractivity contribution in [2.24, 2.45) is 7.05 Å². The van der Waals surface area contributed by atoms with Gasteiger partial charge in [-0.25, -0.2) is 14.8 Å². The number of hydrogen-bond donors (Lipinski definition) is 0. The zero-order valence-electron chi connectivity index (χ0n) is 22.4. The number of fused-ring (bicyclic) bond motifs is 1. The third kappa shape index (κ3) is 5.14. The van der Waals surface area contributed by atoms with Gasteiger partial charge in [-0.15, -0.1) is 0 Å². The summed E-state index contributed by atoms with van der Waals surface area (Å²) in [5.41, 5.74) is 2.09. The quantitative estimate of drug-likeness (QED) is 0.360. The van der Waals surface area contributed by atoms with Crippen LogP contribution >= 0.6 is 0 Å². The Kier molecular flexibility index (Phi) is 7.29. The molecule has 40 heavy (non-hydrogen) atoms. The van der Waals surface area contributed by atoms with Gasteiger partial charge in [0.1, 0.15) is 23.0 Å². The Balaban J connectivity index is 1.56. The van der Waals surface area contributed by atoms with Gasteiger partial charge >= 0.3 is 11.9 Å². The van der Waals surface area contributed by atoms with Crippen molar-refractivity contribution in [1.29, 1.82) is 5.26 Å². The van der Waals surface area contributed by atoms with Crippen molar-refractivity contribution in [3.63, 3.8) is 0 Å². The van der Waals surface area contributed by atoms with Crippen LogP contribution < -0.4 is 10.6 Å². The van der Waals surface area contributed by atoms with Crippen LogP contribution in [0.3, 0.4) is 0 Å². The molecule has 206 valence electrons. The van der Waals surface area contributed by atoms with Gasteiger partial charge < -0.3 is 4.90 Å². The molecular formula is C29H28F3N7O. The number of aromatic nitrogens is 4. The van der Waals surface area contributed by atoms with Crippen molar-refractivity contribution < 1.29 is 13.2 Å². The molecule has 1 saturated heterocycles. The molecule has 1 unspecified atom stereocenters. The second-order valence-electron chi connectivity index (χ2n) is 9.96. The van der Waals surface area contributed by atoms with Crippen molar-refractivity contribution >= 4 is 16.9 Å². The fourth-order valence-electron chi connectivity index (χ4n) is 5.29. The maximum Gasteiger partial charge on any atom is 0.433 e. The molecule has 0 bridgehead atoms. The number of halogens is 3. The van der Waals surface area contributed by atoms with E-state index in [0.29, 0.717) is 48.6 Å². The number of alkyl halides is 3. The van der Waals surface area contributed by atoms with Crippen LogP contribution in [0.5, 0.6) is 0 Å². The summed E-state index contributed by atoms with van der Waals surface area (Å²) in [5.74, 6) is 0.408. The molecule has 1 aromatic carbocycles. The molecule has 0 spiro atoms. The van der Waals surface area contributed by atoms with Gasteiger partial charge in [0, 0.05) is 32.7 Å². The molecule has 5 rings (SSSR count). The summed E-state index contributed by atoms with van der Waals surface area (Å²) in [5, 5.41) is 9.42. The van der Waals surface area contributed by atoms with Crippen LogP contribution in [0, 0.1) is 18.3 Å². The number of piperazine rings is 1. The van der Waals surface area contributed by atoms with Crippen molar-refractivity contribution in [3.8, 4) is 6.07 Å². The Morgan fingerprint density at radius 3 is 2.48 bits per heavy atom. The van der Waals surface area contributed by atoms with E-state index in [1.54, 1.807) is 25.2 Å². The lowest BCUT2D eigenvalue weighted by molar-refractivity contribution is -0.141. The average Bonchev–Trinajstić information content (AvgIpc) is 2.95. The minimum absolute atomic E-state index is 0.122. The van der Waals surface area contributed by atoms with E-state index < -0.39 is 23.6 Å². The van der Waals surface area contributed by atoms with E-state index in [4.69, 9.17) is 0 Å². The Bertz CT molecular complexity index is 1640. The molecule has 0 N–H and O–H groups in total. The largest absolute Gasteiger partial charge is 0.433 e. The molecule has 1 aliphatic heterocycles. The minimum Gasteiger partial charge on any atom is -0.349 e. The predicted molar refractivity (Wildman–Crippen MR) is 145 cm³/mol. The second-order valence-corrected chi connectivity index (χ2v) is 9.96. The molecule has 4 heterocycles. The molecule has 0 amide bonds. The van der Waals surface area contributed by atoms with E-state index in [1.165, 1.54) is 10.6 Å². The van der Waals surface area contributed by atoms with Gasteiger partial charge in [0.05, 0.1) is 17.3 Å². The van der Waals surface area contributed by atoms with Gasteiger partial charge in [-0.2, -0.15) is 23.4 Å². The number of pyridine rings is 2. The van der Waals surface area contributed by atoms with Crippen molar-refractivity contribution in [1.82, 2.24) is 24.4 Å². The van der Waals surface area contributed by atoms with Crippen LogP contribution in [0.2, 0.25) is 0 Å². The highest BCUT2D eigenvalue weighted by molar-refractivity contribution is 5.86. The standard InChI is InChI=1S/C29H28F3N7O/c1-4-21-17-38(14-15-39(21)27-25-23(37(3)28(40)36-27)13-12-20(16-33)34-25)26(19-10-8-18(2)9-11-19)22-6-5-7-24(35-22)29(30,31)32/h5-13,21,26H,4,14-15,17H2,1-3H3/t21-,26?/m0/s1. The number of nitrogens with zero attached hydrogens (tertiary/aromatic N) is 7. The van der Waals surface area contributed by atoms with Crippen LogP contribution in [0.15, 0.2) is 59.4 Å². The Labute approximate surface area is 229 Å². The number of benzene rings is 1. The lowest BCUT2D eigenvalue weighted by atomic mass is 9.97. The first-order valence-corrected chi connectivity index (χ1v) is 13.0. The zero-order valence-corrected chi connectivity index (χ0v) is 22.4. The van der Waals surface area contributed by atoms with Gasteiger partial charge in [0.2, 0.25) is 0 Å². The molecule has 8 nitrogen and oxygen atoms in total. The minimum atomic E-state index is -4.56. The van der Waals surface area contributed by atoms with E-state index in [-0.39, 0.29) is 11.7 Å². The summed E-state index contributed by atoms with van der Waals surface area (Å²) >= 11 is 0. The molecule has 3 aromatic heterocycles. The number of hydrogen-bond acceptors (Lipinski definition) is 7. The van der Waals surface area contributed by atoms with Crippen molar-refractivity contribution in [2.45, 2.75) is 38.5 Å². The van der Waals surface area contributed by atoms with Crippen LogP contribution in [0.4, 0.5) is 19.0 Å². The molecule has 1 aliphatic rings. The number of rotatable bonds is 5. The molecule has 0 saturated carbocycles. The van der Waals surface area contributed by atoms with E-state index in [2.05, 4.69) is 19.9 Å². The Morgan fingerprint density at radius 2 is 1.80 bits per heavy atom. The summed E-state index contributed by atoms with van der Waals surface area (Å²) in [6, 6.07) is 16.4. The molecule has 4 aromatic rings. The van der Waals surface area contributed by atoms with Crippen molar-refractivity contribution in [2.75, 3.05) is 24.5 Å². The van der Waals surface area contributed by atoms with E-state index in [0.717, 1.165) is 17.2 Å². The summed E-state index contributed by atoms with van der Waals surface area (Å²) in [6.07, 6.45) is -3.87. The van der Waals surface area contributed by atoms with Gasteiger partial charge in [0.25, 0.3) is 0 Å². The van der Waals surface area contributed by atoms with E-state index in [1.807, 2.05) is 49.1 Å². The Hall–Kier alpha value is -4.30. The maximum atomic E-state index is 13.6. The summed E-state index contributed by atoms with van der Waals surface area (Å²) in [7, 11) is 1.61. The first-order valence-electron chi connectivity index (χ1n) is 13.0. The van der Waals surface area contributed by atoms with Crippen LogP contribution in [0.25, 0.3) is 11.0 Å². The smallest absolute Gasteiger partial charge is 0.349 e. The molecule has 0 radical (unpaired) electrons. The average molecular weight is 548 g/mol. The second kappa shape index (κ2) is 10.7. The normalized spacial score (nSPS) is 17.1. The topological polar surface area (TPSA) is 90.9 Å². The summed E-state index contributed by atoms with van der Waals surface area (Å²) in [4.78, 5) is 29.8. The van der Waals surface area contributed by atoms with Gasteiger partial charge in [-0.3, -0.25) is 9.47 Å². The van der Waals surface area contributed by atoms with Crippen molar-refractivity contribution in [3.05, 3.63) is 93.3 Å². The summed E-state index contributed by atoms with van der Waals surface area (Å²) in [6.45, 7) is 5.39. The zero-order chi connectivity index (χ0) is 28.6. The molecular weight excluding hydrogens is 519 g/mol. The molecule has 2 atom stereocenters. The fraction of sp³-hybridized carbons (Fsp3) is 0.345. The van der Waals surface area contributed by atoms with E-state index >= 15 is 0 Å². The van der Waals surface area contributed by atoms with Crippen LogP contribution in [-0.2, 0) is 13.2 Å². The third-order valence-corrected chi connectivity index (χ3v) is 7.41. The molecule has 1 fully saturated rings. The van der Waals surface area contributed by atoms with Gasteiger partial charge in [-0.05, 0) is 43.2 Å². The first kappa shape index (κ1) is 27.3. The number of nitriles is 1.